The van der Waals surface area contributed by atoms with Gasteiger partial charge in [-0.05, 0) is 18.6 Å². The molecule has 2 N–H and O–H groups in total. The Morgan fingerprint density at radius 2 is 1.81 bits per heavy atom. The third kappa shape index (κ3) is 4.60. The van der Waals surface area contributed by atoms with Crippen molar-refractivity contribution in [3.63, 3.8) is 0 Å². The second-order valence-electron chi connectivity index (χ2n) is 7.68. The first-order valence-corrected chi connectivity index (χ1v) is 10.5. The van der Waals surface area contributed by atoms with Gasteiger partial charge >= 0.3 is 0 Å². The first-order valence-electron chi connectivity index (χ1n) is 10.5. The molecule has 1 aromatic carbocycles. The predicted molar refractivity (Wildman–Crippen MR) is 109 cm³/mol. The molecule has 4 amide bonds. The van der Waals surface area contributed by atoms with Gasteiger partial charge < -0.3 is 14.8 Å². The van der Waals surface area contributed by atoms with Gasteiger partial charge in [-0.25, -0.2) is 0 Å². The van der Waals surface area contributed by atoms with Gasteiger partial charge in [-0.3, -0.25) is 34.3 Å². The molecular weight excluding hydrogens is 404 g/mol. The lowest BCUT2D eigenvalue weighted by molar-refractivity contribution is -0.136. The zero-order valence-corrected chi connectivity index (χ0v) is 17.2. The number of imide groups is 2. The van der Waals surface area contributed by atoms with Gasteiger partial charge in [0, 0.05) is 39.1 Å². The maximum atomic E-state index is 13.0. The van der Waals surface area contributed by atoms with Crippen LogP contribution in [0.5, 0.6) is 5.75 Å². The molecule has 2 saturated heterocycles. The van der Waals surface area contributed by atoms with Crippen molar-refractivity contribution in [1.29, 1.82) is 0 Å². The smallest absolute Gasteiger partial charge is 0.266 e. The van der Waals surface area contributed by atoms with Crippen molar-refractivity contribution < 1.29 is 28.7 Å². The molecule has 0 saturated carbocycles. The minimum Gasteiger partial charge on any atom is -0.490 e. The predicted octanol–water partition coefficient (Wildman–Crippen LogP) is -0.612. The lowest BCUT2D eigenvalue weighted by atomic mass is 10.0. The van der Waals surface area contributed by atoms with Gasteiger partial charge in [-0.2, -0.15) is 0 Å². The number of fused-ring (bicyclic) bond motifs is 1. The molecule has 3 aliphatic rings. The lowest BCUT2D eigenvalue weighted by Gasteiger charge is -2.27. The van der Waals surface area contributed by atoms with Crippen LogP contribution in [0.3, 0.4) is 0 Å². The van der Waals surface area contributed by atoms with E-state index in [1.54, 1.807) is 12.1 Å². The summed E-state index contributed by atoms with van der Waals surface area (Å²) in [6.45, 7) is 6.04. The van der Waals surface area contributed by atoms with Crippen molar-refractivity contribution in [2.75, 3.05) is 52.5 Å². The Labute approximate surface area is 179 Å². The van der Waals surface area contributed by atoms with Crippen molar-refractivity contribution in [2.24, 2.45) is 0 Å². The fourth-order valence-corrected chi connectivity index (χ4v) is 4.05. The zero-order valence-electron chi connectivity index (χ0n) is 17.2. The van der Waals surface area contributed by atoms with Gasteiger partial charge in [-0.1, -0.05) is 6.07 Å². The molecule has 10 heteroatoms. The first-order chi connectivity index (χ1) is 15.1. The lowest BCUT2D eigenvalue weighted by Crippen LogP contribution is -2.54. The standard InChI is InChI=1S/C21H26N4O6/c26-17-5-4-15(19(27)23-17)25-20(28)14-2-1-3-16(18(14)21(25)29)31-13-12-30-11-10-24-8-6-22-7-9-24/h1-3,15,22H,4-13H2,(H,23,26,27). The number of hydrogen-bond acceptors (Lipinski definition) is 8. The normalized spacial score (nSPS) is 21.9. The van der Waals surface area contributed by atoms with Crippen LogP contribution in [0.25, 0.3) is 0 Å². The number of ether oxygens (including phenoxy) is 2. The molecule has 0 spiro atoms. The van der Waals surface area contributed by atoms with Crippen LogP contribution in [0.4, 0.5) is 0 Å². The molecule has 10 nitrogen and oxygen atoms in total. The fraction of sp³-hybridized carbons (Fsp3) is 0.524. The van der Waals surface area contributed by atoms with E-state index in [1.807, 2.05) is 0 Å². The zero-order chi connectivity index (χ0) is 21.8. The molecule has 0 aromatic heterocycles. The number of carbonyl (C=O) groups is 4. The molecule has 166 valence electrons. The van der Waals surface area contributed by atoms with Crippen molar-refractivity contribution >= 4 is 23.6 Å². The quantitative estimate of drug-likeness (QED) is 0.414. The minimum atomic E-state index is -0.994. The molecule has 1 aromatic rings. The Bertz CT molecular complexity index is 883. The number of piperazine rings is 1. The van der Waals surface area contributed by atoms with E-state index in [-0.39, 0.29) is 36.3 Å². The van der Waals surface area contributed by atoms with E-state index in [0.717, 1.165) is 37.6 Å². The fourth-order valence-electron chi connectivity index (χ4n) is 4.05. The summed E-state index contributed by atoms with van der Waals surface area (Å²) in [6, 6.07) is 3.81. The van der Waals surface area contributed by atoms with Crippen molar-refractivity contribution in [1.82, 2.24) is 20.4 Å². The Morgan fingerprint density at radius 1 is 1.00 bits per heavy atom. The molecule has 0 bridgehead atoms. The van der Waals surface area contributed by atoms with Gasteiger partial charge in [0.25, 0.3) is 11.8 Å². The number of carbonyl (C=O) groups excluding carboxylic acids is 4. The van der Waals surface area contributed by atoms with Gasteiger partial charge in [0.05, 0.1) is 24.3 Å². The number of piperidine rings is 1. The van der Waals surface area contributed by atoms with Gasteiger partial charge in [0.15, 0.2) is 0 Å². The average Bonchev–Trinajstić information content (AvgIpc) is 3.02. The van der Waals surface area contributed by atoms with Crippen LogP contribution in [-0.4, -0.2) is 92.0 Å². The highest BCUT2D eigenvalue weighted by molar-refractivity contribution is 6.24. The second-order valence-corrected chi connectivity index (χ2v) is 7.68. The van der Waals surface area contributed by atoms with E-state index >= 15 is 0 Å². The Hall–Kier alpha value is -2.82. The third-order valence-corrected chi connectivity index (χ3v) is 5.68. The Balaban J connectivity index is 1.33. The Kier molecular flexibility index (Phi) is 6.59. The van der Waals surface area contributed by atoms with E-state index in [4.69, 9.17) is 9.47 Å². The minimum absolute atomic E-state index is 0.0818. The molecule has 0 aliphatic carbocycles. The molecule has 1 unspecified atom stereocenters. The van der Waals surface area contributed by atoms with E-state index in [0.29, 0.717) is 13.2 Å². The van der Waals surface area contributed by atoms with E-state index in [2.05, 4.69) is 15.5 Å². The van der Waals surface area contributed by atoms with Gasteiger partial charge in [0.2, 0.25) is 11.8 Å². The van der Waals surface area contributed by atoms with Crippen molar-refractivity contribution in [3.8, 4) is 5.75 Å². The molecule has 1 atom stereocenters. The van der Waals surface area contributed by atoms with Crippen LogP contribution in [0.15, 0.2) is 18.2 Å². The first kappa shape index (κ1) is 21.4. The maximum absolute atomic E-state index is 13.0. The summed E-state index contributed by atoms with van der Waals surface area (Å²) in [4.78, 5) is 52.6. The SMILES string of the molecule is O=C1CCC(N2C(=O)c3cccc(OCCOCCN4CCNCC4)c3C2=O)C(=O)N1. The van der Waals surface area contributed by atoms with Crippen LogP contribution in [0.2, 0.25) is 0 Å². The number of rotatable bonds is 8. The molecule has 3 aliphatic heterocycles. The molecule has 3 heterocycles. The molecule has 2 fully saturated rings. The number of nitrogens with one attached hydrogen (secondary N) is 2. The molecular formula is C21H26N4O6. The molecule has 31 heavy (non-hydrogen) atoms. The summed E-state index contributed by atoms with van der Waals surface area (Å²) in [6.07, 6.45) is 0.200. The van der Waals surface area contributed by atoms with Gasteiger partial charge in [-0.15, -0.1) is 0 Å². The van der Waals surface area contributed by atoms with E-state index in [1.165, 1.54) is 6.07 Å². The Morgan fingerprint density at radius 3 is 2.58 bits per heavy atom. The van der Waals surface area contributed by atoms with E-state index < -0.39 is 29.7 Å². The number of nitrogens with zero attached hydrogens (tertiary/aromatic N) is 2. The highest BCUT2D eigenvalue weighted by Gasteiger charge is 2.45. The second kappa shape index (κ2) is 9.54. The monoisotopic (exact) mass is 430 g/mol. The van der Waals surface area contributed by atoms with Crippen LogP contribution in [-0.2, 0) is 14.3 Å². The van der Waals surface area contributed by atoms with E-state index in [9.17, 15) is 19.2 Å². The highest BCUT2D eigenvalue weighted by Crippen LogP contribution is 2.33. The topological polar surface area (TPSA) is 117 Å². The average molecular weight is 430 g/mol. The van der Waals surface area contributed by atoms with Crippen LogP contribution < -0.4 is 15.4 Å². The van der Waals surface area contributed by atoms with Crippen LogP contribution >= 0.6 is 0 Å². The van der Waals surface area contributed by atoms with Crippen molar-refractivity contribution in [3.05, 3.63) is 29.3 Å². The number of benzene rings is 1. The van der Waals surface area contributed by atoms with Gasteiger partial charge in [0.1, 0.15) is 18.4 Å². The molecule has 0 radical (unpaired) electrons. The number of amides is 4. The molecule has 4 rings (SSSR count). The highest BCUT2D eigenvalue weighted by atomic mass is 16.5. The maximum Gasteiger partial charge on any atom is 0.266 e. The summed E-state index contributed by atoms with van der Waals surface area (Å²) >= 11 is 0. The largest absolute Gasteiger partial charge is 0.490 e. The van der Waals surface area contributed by atoms with Crippen LogP contribution in [0.1, 0.15) is 33.6 Å². The summed E-state index contributed by atoms with van der Waals surface area (Å²) in [7, 11) is 0. The summed E-state index contributed by atoms with van der Waals surface area (Å²) in [5, 5.41) is 5.49. The number of hydrogen-bond donors (Lipinski definition) is 2. The summed E-state index contributed by atoms with van der Waals surface area (Å²) in [5.41, 5.74) is 0.352. The summed E-state index contributed by atoms with van der Waals surface area (Å²) in [5.74, 6) is -1.88. The third-order valence-electron chi connectivity index (χ3n) is 5.68. The van der Waals surface area contributed by atoms with Crippen molar-refractivity contribution in [2.45, 2.75) is 18.9 Å². The summed E-state index contributed by atoms with van der Waals surface area (Å²) < 4.78 is 11.4. The van der Waals surface area contributed by atoms with Crippen LogP contribution in [0, 0.1) is 0 Å².